The van der Waals surface area contributed by atoms with E-state index in [1.165, 1.54) is 0 Å². The fourth-order valence-electron chi connectivity index (χ4n) is 2.06. The number of rotatable bonds is 2. The molecule has 2 aliphatic rings. The van der Waals surface area contributed by atoms with Gasteiger partial charge >= 0.3 is 5.97 Å². The van der Waals surface area contributed by atoms with Crippen molar-refractivity contribution in [3.05, 3.63) is 0 Å². The van der Waals surface area contributed by atoms with Crippen molar-refractivity contribution in [2.24, 2.45) is 11.8 Å². The summed E-state index contributed by atoms with van der Waals surface area (Å²) in [6.07, 6.45) is 1.39. The van der Waals surface area contributed by atoms with Crippen LogP contribution >= 0.6 is 0 Å². The minimum absolute atomic E-state index is 0.0469. The molecule has 0 radical (unpaired) electrons. The Morgan fingerprint density at radius 3 is 2.20 bits per heavy atom. The molecule has 0 unspecified atom stereocenters. The summed E-state index contributed by atoms with van der Waals surface area (Å²) in [6, 6.07) is 0. The van der Waals surface area contributed by atoms with Crippen LogP contribution in [0.25, 0.3) is 0 Å². The topological polar surface area (TPSA) is 77.8 Å². The molecule has 5 heteroatoms. The maximum atomic E-state index is 11.8. The molecule has 0 aromatic heterocycles. The van der Waals surface area contributed by atoms with Crippen LogP contribution in [-0.4, -0.2) is 46.2 Å². The van der Waals surface area contributed by atoms with Gasteiger partial charge in [0.05, 0.1) is 17.9 Å². The van der Waals surface area contributed by atoms with Gasteiger partial charge in [-0.05, 0) is 19.3 Å². The number of piperidine rings is 1. The Balaban J connectivity index is 1.85. The third kappa shape index (κ3) is 2.12. The predicted molar refractivity (Wildman–Crippen MR) is 51.1 cm³/mol. The maximum Gasteiger partial charge on any atom is 0.307 e. The molecule has 1 amide bonds. The summed E-state index contributed by atoms with van der Waals surface area (Å²) >= 11 is 0. The summed E-state index contributed by atoms with van der Waals surface area (Å²) in [5.74, 6) is -1.69. The minimum Gasteiger partial charge on any atom is -0.481 e. The van der Waals surface area contributed by atoms with Gasteiger partial charge in [0.25, 0.3) is 0 Å². The lowest BCUT2D eigenvalue weighted by Gasteiger charge is -2.29. The molecule has 0 bridgehead atoms. The maximum absolute atomic E-state index is 11.8. The van der Waals surface area contributed by atoms with E-state index in [9.17, 15) is 14.7 Å². The van der Waals surface area contributed by atoms with Crippen LogP contribution in [0.2, 0.25) is 0 Å². The second-order valence-electron chi connectivity index (χ2n) is 4.34. The Morgan fingerprint density at radius 1 is 1.13 bits per heavy atom. The van der Waals surface area contributed by atoms with Crippen LogP contribution in [0.15, 0.2) is 0 Å². The molecule has 1 aliphatic heterocycles. The van der Waals surface area contributed by atoms with Crippen LogP contribution in [0.4, 0.5) is 0 Å². The second kappa shape index (κ2) is 3.81. The number of aliphatic carboxylic acids is 1. The van der Waals surface area contributed by atoms with Crippen LogP contribution in [0, 0.1) is 11.8 Å². The second-order valence-corrected chi connectivity index (χ2v) is 4.34. The Morgan fingerprint density at radius 2 is 1.73 bits per heavy atom. The summed E-state index contributed by atoms with van der Waals surface area (Å²) in [5, 5.41) is 18.0. The first-order valence-electron chi connectivity index (χ1n) is 5.29. The lowest BCUT2D eigenvalue weighted by atomic mass is 10.1. The zero-order chi connectivity index (χ0) is 11.0. The number of carbonyl (C=O) groups is 2. The van der Waals surface area contributed by atoms with E-state index in [-0.39, 0.29) is 17.9 Å². The van der Waals surface area contributed by atoms with E-state index in [2.05, 4.69) is 0 Å². The summed E-state index contributed by atoms with van der Waals surface area (Å²) in [7, 11) is 0. The zero-order valence-corrected chi connectivity index (χ0v) is 8.43. The van der Waals surface area contributed by atoms with Gasteiger partial charge in [-0.2, -0.15) is 0 Å². The predicted octanol–water partition coefficient (Wildman–Crippen LogP) is -0.310. The van der Waals surface area contributed by atoms with Crippen LogP contribution in [0.1, 0.15) is 19.3 Å². The number of hydrogen-bond acceptors (Lipinski definition) is 3. The molecule has 0 aromatic carbocycles. The Hall–Kier alpha value is -1.10. The fraction of sp³-hybridized carbons (Fsp3) is 0.800. The van der Waals surface area contributed by atoms with Gasteiger partial charge in [-0.1, -0.05) is 0 Å². The molecule has 0 aromatic rings. The number of amides is 1. The first kappa shape index (κ1) is 10.4. The highest BCUT2D eigenvalue weighted by Gasteiger charge is 2.49. The van der Waals surface area contributed by atoms with E-state index in [1.807, 2.05) is 0 Å². The van der Waals surface area contributed by atoms with Crippen LogP contribution in [0.3, 0.4) is 0 Å². The number of carbonyl (C=O) groups excluding carboxylic acids is 1. The lowest BCUT2D eigenvalue weighted by Crippen LogP contribution is -2.41. The van der Waals surface area contributed by atoms with Crippen molar-refractivity contribution in [2.75, 3.05) is 13.1 Å². The van der Waals surface area contributed by atoms with Gasteiger partial charge in [-0.3, -0.25) is 9.59 Å². The SMILES string of the molecule is O=C(O)[C@H]1C[C@H]1C(=O)N1CCC(O)CC1. The van der Waals surface area contributed by atoms with E-state index in [4.69, 9.17) is 5.11 Å². The fourth-order valence-corrected chi connectivity index (χ4v) is 2.06. The van der Waals surface area contributed by atoms with Crippen LogP contribution in [-0.2, 0) is 9.59 Å². The van der Waals surface area contributed by atoms with Crippen molar-refractivity contribution < 1.29 is 19.8 Å². The number of aliphatic hydroxyl groups excluding tert-OH is 1. The summed E-state index contributed by atoms with van der Waals surface area (Å²) in [5.41, 5.74) is 0. The molecule has 0 spiro atoms. The molecule has 2 atom stereocenters. The molecular weight excluding hydrogens is 198 g/mol. The van der Waals surface area contributed by atoms with Gasteiger partial charge < -0.3 is 15.1 Å². The van der Waals surface area contributed by atoms with E-state index in [1.54, 1.807) is 4.90 Å². The Kier molecular flexibility index (Phi) is 2.65. The minimum atomic E-state index is -0.870. The van der Waals surface area contributed by atoms with E-state index >= 15 is 0 Å². The third-order valence-corrected chi connectivity index (χ3v) is 3.20. The van der Waals surface area contributed by atoms with Gasteiger partial charge in [-0.25, -0.2) is 0 Å². The monoisotopic (exact) mass is 213 g/mol. The summed E-state index contributed by atoms with van der Waals surface area (Å²) in [4.78, 5) is 24.0. The highest BCUT2D eigenvalue weighted by Crippen LogP contribution is 2.40. The highest BCUT2D eigenvalue weighted by atomic mass is 16.4. The smallest absolute Gasteiger partial charge is 0.307 e. The molecule has 2 rings (SSSR count). The highest BCUT2D eigenvalue weighted by molar-refractivity contribution is 5.89. The van der Waals surface area contributed by atoms with E-state index in [0.29, 0.717) is 32.4 Å². The molecule has 2 N–H and O–H groups in total. The average molecular weight is 213 g/mol. The molecule has 1 heterocycles. The van der Waals surface area contributed by atoms with Gasteiger partial charge in [0.2, 0.25) is 5.91 Å². The summed E-state index contributed by atoms with van der Waals surface area (Å²) in [6.45, 7) is 1.12. The van der Waals surface area contributed by atoms with Crippen molar-refractivity contribution in [3.8, 4) is 0 Å². The number of carboxylic acids is 1. The van der Waals surface area contributed by atoms with Gasteiger partial charge in [0, 0.05) is 13.1 Å². The molecule has 1 saturated carbocycles. The van der Waals surface area contributed by atoms with Crippen LogP contribution in [0.5, 0.6) is 0 Å². The van der Waals surface area contributed by atoms with Crippen molar-refractivity contribution in [3.63, 3.8) is 0 Å². The molecule has 1 saturated heterocycles. The number of nitrogens with zero attached hydrogens (tertiary/aromatic N) is 1. The van der Waals surface area contributed by atoms with Crippen molar-refractivity contribution in [1.82, 2.24) is 4.90 Å². The standard InChI is InChI=1S/C10H15NO4/c12-6-1-3-11(4-2-6)9(13)7-5-8(7)10(14)15/h6-8,12H,1-5H2,(H,14,15)/t7-,8+/m1/s1. The van der Waals surface area contributed by atoms with Gasteiger partial charge in [-0.15, -0.1) is 0 Å². The number of likely N-dealkylation sites (tertiary alicyclic amines) is 1. The van der Waals surface area contributed by atoms with Gasteiger partial charge in [0.15, 0.2) is 0 Å². The van der Waals surface area contributed by atoms with Crippen molar-refractivity contribution in [2.45, 2.75) is 25.4 Å². The molecule has 2 fully saturated rings. The van der Waals surface area contributed by atoms with E-state index < -0.39 is 11.9 Å². The molecule has 5 nitrogen and oxygen atoms in total. The number of carboxylic acid groups (broad SMARTS) is 1. The number of aliphatic hydroxyl groups is 1. The van der Waals surface area contributed by atoms with E-state index in [0.717, 1.165) is 0 Å². The Bertz CT molecular complexity index is 283. The summed E-state index contributed by atoms with van der Waals surface area (Å²) < 4.78 is 0. The first-order chi connectivity index (χ1) is 7.09. The molecule has 84 valence electrons. The normalized spacial score (nSPS) is 31.4. The quantitative estimate of drug-likeness (QED) is 0.659. The largest absolute Gasteiger partial charge is 0.481 e. The lowest BCUT2D eigenvalue weighted by molar-refractivity contribution is -0.142. The first-order valence-corrected chi connectivity index (χ1v) is 5.29. The average Bonchev–Trinajstić information content (AvgIpc) is 2.97. The zero-order valence-electron chi connectivity index (χ0n) is 8.43. The molecule has 15 heavy (non-hydrogen) atoms. The number of hydrogen-bond donors (Lipinski definition) is 2. The Labute approximate surface area is 87.7 Å². The van der Waals surface area contributed by atoms with Crippen molar-refractivity contribution >= 4 is 11.9 Å². The molecular formula is C10H15NO4. The molecule has 1 aliphatic carbocycles. The van der Waals surface area contributed by atoms with Crippen molar-refractivity contribution in [1.29, 1.82) is 0 Å². The van der Waals surface area contributed by atoms with Gasteiger partial charge in [0.1, 0.15) is 0 Å². The van der Waals surface area contributed by atoms with Crippen LogP contribution < -0.4 is 0 Å². The third-order valence-electron chi connectivity index (χ3n) is 3.20.